The maximum atomic E-state index is 12.1. The van der Waals surface area contributed by atoms with Gasteiger partial charge in [0.2, 0.25) is 5.91 Å². The zero-order valence-corrected chi connectivity index (χ0v) is 13.7. The van der Waals surface area contributed by atoms with Crippen LogP contribution in [0, 0.1) is 0 Å². The Bertz CT molecular complexity index is 817. The third kappa shape index (κ3) is 4.61. The Balaban J connectivity index is 1.58. The second kappa shape index (κ2) is 7.66. The molecule has 0 saturated heterocycles. The topological polar surface area (TPSA) is 38.3 Å². The molecule has 0 aliphatic heterocycles. The molecular weight excluding hydrogens is 322 g/mol. The maximum absolute atomic E-state index is 12.1. The standard InChI is InChI=1S/C20H16ClNO2/c21-16-6-4-5-15(13-16)14-20(23)22-17-9-11-19(12-10-17)24-18-7-2-1-3-8-18/h1-13H,14H2,(H,22,23). The molecule has 0 bridgehead atoms. The van der Waals surface area contributed by atoms with E-state index in [2.05, 4.69) is 5.32 Å². The van der Waals surface area contributed by atoms with Crippen LogP contribution in [0.2, 0.25) is 5.02 Å². The minimum absolute atomic E-state index is 0.0889. The molecule has 1 N–H and O–H groups in total. The van der Waals surface area contributed by atoms with Crippen molar-refractivity contribution in [1.29, 1.82) is 0 Å². The third-order valence-corrected chi connectivity index (χ3v) is 3.61. The summed E-state index contributed by atoms with van der Waals surface area (Å²) in [6.07, 6.45) is 0.281. The summed E-state index contributed by atoms with van der Waals surface area (Å²) in [7, 11) is 0. The van der Waals surface area contributed by atoms with Gasteiger partial charge >= 0.3 is 0 Å². The van der Waals surface area contributed by atoms with Crippen molar-refractivity contribution in [2.24, 2.45) is 0 Å². The van der Waals surface area contributed by atoms with Crippen LogP contribution >= 0.6 is 11.6 Å². The van der Waals surface area contributed by atoms with Crippen LogP contribution in [-0.2, 0) is 11.2 Å². The summed E-state index contributed by atoms with van der Waals surface area (Å²) in [4.78, 5) is 12.1. The van der Waals surface area contributed by atoms with Crippen molar-refractivity contribution in [1.82, 2.24) is 0 Å². The quantitative estimate of drug-likeness (QED) is 0.684. The van der Waals surface area contributed by atoms with Gasteiger partial charge < -0.3 is 10.1 Å². The summed E-state index contributed by atoms with van der Waals surface area (Å²) in [5.74, 6) is 1.40. The highest BCUT2D eigenvalue weighted by Gasteiger charge is 2.05. The predicted molar refractivity (Wildman–Crippen MR) is 96.7 cm³/mol. The first-order valence-electron chi connectivity index (χ1n) is 7.56. The van der Waals surface area contributed by atoms with Crippen LogP contribution in [0.15, 0.2) is 78.9 Å². The van der Waals surface area contributed by atoms with E-state index in [0.29, 0.717) is 10.8 Å². The average molecular weight is 338 g/mol. The Hall–Kier alpha value is -2.78. The Labute approximate surface area is 145 Å². The minimum Gasteiger partial charge on any atom is -0.457 e. The van der Waals surface area contributed by atoms with E-state index in [1.165, 1.54) is 0 Å². The first-order valence-corrected chi connectivity index (χ1v) is 7.94. The number of halogens is 1. The molecule has 0 spiro atoms. The summed E-state index contributed by atoms with van der Waals surface area (Å²) >= 11 is 5.93. The van der Waals surface area contributed by atoms with Gasteiger partial charge in [0, 0.05) is 10.7 Å². The van der Waals surface area contributed by atoms with Gasteiger partial charge in [-0.2, -0.15) is 0 Å². The molecule has 24 heavy (non-hydrogen) atoms. The van der Waals surface area contributed by atoms with Crippen molar-refractivity contribution in [3.8, 4) is 11.5 Å². The van der Waals surface area contributed by atoms with E-state index in [1.807, 2.05) is 66.7 Å². The Morgan fingerprint density at radius 2 is 1.58 bits per heavy atom. The van der Waals surface area contributed by atoms with Crippen LogP contribution < -0.4 is 10.1 Å². The molecule has 0 unspecified atom stereocenters. The molecule has 3 aromatic carbocycles. The molecule has 120 valence electrons. The van der Waals surface area contributed by atoms with E-state index in [4.69, 9.17) is 16.3 Å². The molecular formula is C20H16ClNO2. The summed E-state index contributed by atoms with van der Waals surface area (Å²) < 4.78 is 5.72. The molecule has 3 nitrogen and oxygen atoms in total. The number of hydrogen-bond acceptors (Lipinski definition) is 2. The second-order valence-electron chi connectivity index (χ2n) is 5.29. The number of benzene rings is 3. The van der Waals surface area contributed by atoms with Gasteiger partial charge in [-0.3, -0.25) is 4.79 Å². The minimum atomic E-state index is -0.0889. The summed E-state index contributed by atoms with van der Waals surface area (Å²) in [6, 6.07) is 24.1. The van der Waals surface area contributed by atoms with Gasteiger partial charge in [0.1, 0.15) is 11.5 Å². The van der Waals surface area contributed by atoms with Gasteiger partial charge in [-0.1, -0.05) is 41.9 Å². The van der Waals surface area contributed by atoms with Gasteiger partial charge in [-0.25, -0.2) is 0 Å². The largest absolute Gasteiger partial charge is 0.457 e. The van der Waals surface area contributed by atoms with E-state index in [9.17, 15) is 4.79 Å². The van der Waals surface area contributed by atoms with Crippen molar-refractivity contribution >= 4 is 23.2 Å². The van der Waals surface area contributed by atoms with Crippen molar-refractivity contribution in [2.75, 3.05) is 5.32 Å². The number of carbonyl (C=O) groups is 1. The van der Waals surface area contributed by atoms with Gasteiger partial charge in [0.25, 0.3) is 0 Å². The Morgan fingerprint density at radius 3 is 2.29 bits per heavy atom. The molecule has 0 aliphatic carbocycles. The highest BCUT2D eigenvalue weighted by atomic mass is 35.5. The first-order chi connectivity index (χ1) is 11.7. The van der Waals surface area contributed by atoms with Crippen LogP contribution in [0.3, 0.4) is 0 Å². The van der Waals surface area contributed by atoms with Gasteiger partial charge in [0.05, 0.1) is 6.42 Å². The highest BCUT2D eigenvalue weighted by Crippen LogP contribution is 2.22. The molecule has 3 rings (SSSR count). The molecule has 1 amide bonds. The Morgan fingerprint density at radius 1 is 0.875 bits per heavy atom. The van der Waals surface area contributed by atoms with Crippen LogP contribution in [0.25, 0.3) is 0 Å². The fourth-order valence-electron chi connectivity index (χ4n) is 2.27. The van der Waals surface area contributed by atoms with Crippen molar-refractivity contribution in [3.63, 3.8) is 0 Å². The number of rotatable bonds is 5. The molecule has 4 heteroatoms. The summed E-state index contributed by atoms with van der Waals surface area (Å²) in [5.41, 5.74) is 1.60. The van der Waals surface area contributed by atoms with E-state index >= 15 is 0 Å². The molecule has 0 fully saturated rings. The number of para-hydroxylation sites is 1. The SMILES string of the molecule is O=C(Cc1cccc(Cl)c1)Nc1ccc(Oc2ccccc2)cc1. The molecule has 0 aromatic heterocycles. The smallest absolute Gasteiger partial charge is 0.228 e. The van der Waals surface area contributed by atoms with E-state index in [0.717, 1.165) is 17.0 Å². The summed E-state index contributed by atoms with van der Waals surface area (Å²) in [6.45, 7) is 0. The van der Waals surface area contributed by atoms with Crippen LogP contribution in [-0.4, -0.2) is 5.91 Å². The van der Waals surface area contributed by atoms with Crippen molar-refractivity contribution < 1.29 is 9.53 Å². The van der Waals surface area contributed by atoms with Crippen LogP contribution in [0.4, 0.5) is 5.69 Å². The number of amides is 1. The molecule has 0 saturated carbocycles. The number of anilines is 1. The lowest BCUT2D eigenvalue weighted by Crippen LogP contribution is -2.14. The van der Waals surface area contributed by atoms with E-state index in [-0.39, 0.29) is 12.3 Å². The Kier molecular flexibility index (Phi) is 5.14. The number of nitrogens with one attached hydrogen (secondary N) is 1. The van der Waals surface area contributed by atoms with Crippen molar-refractivity contribution in [2.45, 2.75) is 6.42 Å². The maximum Gasteiger partial charge on any atom is 0.228 e. The van der Waals surface area contributed by atoms with Crippen LogP contribution in [0.1, 0.15) is 5.56 Å². The molecule has 0 atom stereocenters. The van der Waals surface area contributed by atoms with Crippen molar-refractivity contribution in [3.05, 3.63) is 89.4 Å². The van der Waals surface area contributed by atoms with E-state index < -0.39 is 0 Å². The predicted octanol–water partition coefficient (Wildman–Crippen LogP) is 5.31. The zero-order chi connectivity index (χ0) is 16.8. The molecule has 3 aromatic rings. The van der Waals surface area contributed by atoms with Gasteiger partial charge in [-0.05, 0) is 54.1 Å². The van der Waals surface area contributed by atoms with E-state index in [1.54, 1.807) is 12.1 Å². The van der Waals surface area contributed by atoms with Crippen LogP contribution in [0.5, 0.6) is 11.5 Å². The lowest BCUT2D eigenvalue weighted by Gasteiger charge is -2.08. The first kappa shape index (κ1) is 16.1. The number of carbonyl (C=O) groups excluding carboxylic acids is 1. The zero-order valence-electron chi connectivity index (χ0n) is 12.9. The lowest BCUT2D eigenvalue weighted by atomic mass is 10.1. The number of ether oxygens (including phenoxy) is 1. The molecule has 0 heterocycles. The fourth-order valence-corrected chi connectivity index (χ4v) is 2.48. The lowest BCUT2D eigenvalue weighted by molar-refractivity contribution is -0.115. The average Bonchev–Trinajstić information content (AvgIpc) is 2.57. The normalized spacial score (nSPS) is 10.2. The fraction of sp³-hybridized carbons (Fsp3) is 0.0500. The monoisotopic (exact) mass is 337 g/mol. The highest BCUT2D eigenvalue weighted by molar-refractivity contribution is 6.30. The molecule has 0 radical (unpaired) electrons. The van der Waals surface area contributed by atoms with Gasteiger partial charge in [0.15, 0.2) is 0 Å². The molecule has 0 aliphatic rings. The number of hydrogen-bond donors (Lipinski definition) is 1. The van der Waals surface area contributed by atoms with Gasteiger partial charge in [-0.15, -0.1) is 0 Å². The second-order valence-corrected chi connectivity index (χ2v) is 5.73. The third-order valence-electron chi connectivity index (χ3n) is 3.37. The summed E-state index contributed by atoms with van der Waals surface area (Å²) in [5, 5.41) is 3.49.